The van der Waals surface area contributed by atoms with Crippen molar-refractivity contribution in [2.45, 2.75) is 6.10 Å². The minimum atomic E-state index is -0.520. The van der Waals surface area contributed by atoms with Gasteiger partial charge in [-0.15, -0.1) is 0 Å². The average Bonchev–Trinajstić information content (AvgIpc) is 2.46. The second-order valence-corrected chi connectivity index (χ2v) is 4.79. The summed E-state index contributed by atoms with van der Waals surface area (Å²) < 4.78 is 5.73. The lowest BCUT2D eigenvalue weighted by Gasteiger charge is -2.26. The van der Waals surface area contributed by atoms with Gasteiger partial charge in [0.1, 0.15) is 5.75 Å². The molecule has 1 N–H and O–H groups in total. The Labute approximate surface area is 116 Å². The van der Waals surface area contributed by atoms with Crippen LogP contribution in [0.4, 0.5) is 5.69 Å². The van der Waals surface area contributed by atoms with Gasteiger partial charge in [0.05, 0.1) is 12.2 Å². The number of hydrogen-bond acceptors (Lipinski definition) is 3. The van der Waals surface area contributed by atoms with E-state index < -0.39 is 6.10 Å². The zero-order valence-corrected chi connectivity index (χ0v) is 10.9. The van der Waals surface area contributed by atoms with Crippen LogP contribution in [0.2, 0.25) is 5.02 Å². The number of rotatable bonds is 2. The molecule has 0 spiro atoms. The summed E-state index contributed by atoms with van der Waals surface area (Å²) in [5.74, 6) is 0.638. The van der Waals surface area contributed by atoms with Crippen LogP contribution in [-0.4, -0.2) is 18.4 Å². The van der Waals surface area contributed by atoms with Gasteiger partial charge in [-0.25, -0.2) is 0 Å². The lowest BCUT2D eigenvalue weighted by molar-refractivity contribution is 0.0801. The van der Waals surface area contributed by atoms with Crippen molar-refractivity contribution in [1.82, 2.24) is 0 Å². The zero-order chi connectivity index (χ0) is 13.2. The summed E-state index contributed by atoms with van der Waals surface area (Å²) in [6.07, 6.45) is -0.520. The molecule has 0 aliphatic carbocycles. The SMILES string of the molecule is O=C(c1cccc(Cl)c1)C1CNc2ccccc2O1. The van der Waals surface area contributed by atoms with Gasteiger partial charge in [-0.1, -0.05) is 35.9 Å². The second-order valence-electron chi connectivity index (χ2n) is 4.36. The van der Waals surface area contributed by atoms with E-state index in [2.05, 4.69) is 5.32 Å². The first-order valence-electron chi connectivity index (χ1n) is 6.03. The van der Waals surface area contributed by atoms with Gasteiger partial charge < -0.3 is 10.1 Å². The molecule has 1 heterocycles. The number of halogens is 1. The molecule has 0 aromatic heterocycles. The number of carbonyl (C=O) groups excluding carboxylic acids is 1. The highest BCUT2D eigenvalue weighted by Crippen LogP contribution is 2.29. The van der Waals surface area contributed by atoms with Crippen LogP contribution >= 0.6 is 11.6 Å². The molecule has 2 aromatic carbocycles. The number of hydrogen-bond donors (Lipinski definition) is 1. The Bertz CT molecular complexity index is 627. The highest BCUT2D eigenvalue weighted by atomic mass is 35.5. The number of benzene rings is 2. The molecule has 1 atom stereocenters. The van der Waals surface area contributed by atoms with Gasteiger partial charge in [-0.2, -0.15) is 0 Å². The smallest absolute Gasteiger partial charge is 0.205 e. The van der Waals surface area contributed by atoms with Crippen molar-refractivity contribution in [2.75, 3.05) is 11.9 Å². The topological polar surface area (TPSA) is 38.3 Å². The molecule has 1 aliphatic heterocycles. The predicted octanol–water partition coefficient (Wildman–Crippen LogP) is 3.40. The molecule has 0 saturated heterocycles. The monoisotopic (exact) mass is 273 g/mol. The highest BCUT2D eigenvalue weighted by molar-refractivity contribution is 6.31. The molecule has 96 valence electrons. The van der Waals surface area contributed by atoms with Gasteiger partial charge in [-0.3, -0.25) is 4.79 Å². The van der Waals surface area contributed by atoms with Crippen LogP contribution in [0.25, 0.3) is 0 Å². The molecular weight excluding hydrogens is 262 g/mol. The third kappa shape index (κ3) is 2.42. The first-order chi connectivity index (χ1) is 9.24. The number of ether oxygens (including phenoxy) is 1. The van der Waals surface area contributed by atoms with Crippen molar-refractivity contribution in [3.05, 3.63) is 59.1 Å². The Hall–Kier alpha value is -2.00. The van der Waals surface area contributed by atoms with E-state index >= 15 is 0 Å². The summed E-state index contributed by atoms with van der Waals surface area (Å²) in [5, 5.41) is 3.75. The van der Waals surface area contributed by atoms with Gasteiger partial charge in [0, 0.05) is 10.6 Å². The van der Waals surface area contributed by atoms with Crippen LogP contribution < -0.4 is 10.1 Å². The Kier molecular flexibility index (Phi) is 3.13. The van der Waals surface area contributed by atoms with Gasteiger partial charge in [0.25, 0.3) is 0 Å². The number of para-hydroxylation sites is 2. The molecule has 3 nitrogen and oxygen atoms in total. The summed E-state index contributed by atoms with van der Waals surface area (Å²) >= 11 is 5.90. The predicted molar refractivity (Wildman–Crippen MR) is 75.1 cm³/mol. The quantitative estimate of drug-likeness (QED) is 0.853. The summed E-state index contributed by atoms with van der Waals surface area (Å²) in [5.41, 5.74) is 1.48. The largest absolute Gasteiger partial charge is 0.478 e. The van der Waals surface area contributed by atoms with E-state index in [9.17, 15) is 4.79 Å². The van der Waals surface area contributed by atoms with E-state index in [0.29, 0.717) is 22.9 Å². The Morgan fingerprint density at radius 1 is 1.21 bits per heavy atom. The van der Waals surface area contributed by atoms with Crippen LogP contribution in [0.1, 0.15) is 10.4 Å². The summed E-state index contributed by atoms with van der Waals surface area (Å²) in [6, 6.07) is 14.5. The first kappa shape index (κ1) is 12.1. The molecule has 0 radical (unpaired) electrons. The van der Waals surface area contributed by atoms with Crippen LogP contribution in [0.3, 0.4) is 0 Å². The fraction of sp³-hybridized carbons (Fsp3) is 0.133. The molecule has 0 bridgehead atoms. The fourth-order valence-electron chi connectivity index (χ4n) is 2.09. The minimum absolute atomic E-state index is 0.0653. The molecular formula is C15H12ClNO2. The highest BCUT2D eigenvalue weighted by Gasteiger charge is 2.26. The summed E-state index contributed by atoms with van der Waals surface area (Å²) in [4.78, 5) is 12.3. The molecule has 0 amide bonds. The van der Waals surface area contributed by atoms with E-state index in [0.717, 1.165) is 5.69 Å². The standard InChI is InChI=1S/C15H12ClNO2/c16-11-5-3-4-10(8-11)15(18)14-9-17-12-6-1-2-7-13(12)19-14/h1-8,14,17H,9H2. The van der Waals surface area contributed by atoms with E-state index in [-0.39, 0.29) is 5.78 Å². The molecule has 4 heteroatoms. The van der Waals surface area contributed by atoms with E-state index in [1.165, 1.54) is 0 Å². The van der Waals surface area contributed by atoms with E-state index in [1.54, 1.807) is 24.3 Å². The van der Waals surface area contributed by atoms with Crippen molar-refractivity contribution < 1.29 is 9.53 Å². The molecule has 3 rings (SSSR count). The van der Waals surface area contributed by atoms with Crippen LogP contribution in [0, 0.1) is 0 Å². The third-order valence-electron chi connectivity index (χ3n) is 3.04. The van der Waals surface area contributed by atoms with E-state index in [1.807, 2.05) is 24.3 Å². The van der Waals surface area contributed by atoms with Crippen molar-refractivity contribution >= 4 is 23.1 Å². The molecule has 1 unspecified atom stereocenters. The first-order valence-corrected chi connectivity index (χ1v) is 6.41. The second kappa shape index (κ2) is 4.94. The zero-order valence-electron chi connectivity index (χ0n) is 10.1. The number of anilines is 1. The number of Topliss-reactive ketones (excluding diaryl/α,β-unsaturated/α-hetero) is 1. The third-order valence-corrected chi connectivity index (χ3v) is 3.27. The number of carbonyl (C=O) groups is 1. The maximum atomic E-state index is 12.3. The maximum absolute atomic E-state index is 12.3. The van der Waals surface area contributed by atoms with Crippen molar-refractivity contribution in [3.8, 4) is 5.75 Å². The molecule has 0 fully saturated rings. The molecule has 1 aliphatic rings. The average molecular weight is 274 g/mol. The summed E-state index contributed by atoms with van der Waals surface area (Å²) in [7, 11) is 0. The Morgan fingerprint density at radius 2 is 2.05 bits per heavy atom. The Morgan fingerprint density at radius 3 is 2.89 bits per heavy atom. The number of nitrogens with one attached hydrogen (secondary N) is 1. The van der Waals surface area contributed by atoms with Gasteiger partial charge in [0.2, 0.25) is 5.78 Å². The normalized spacial score (nSPS) is 17.0. The lowest BCUT2D eigenvalue weighted by atomic mass is 10.0. The number of fused-ring (bicyclic) bond motifs is 1. The summed E-state index contributed by atoms with van der Waals surface area (Å²) in [6.45, 7) is 0.461. The van der Waals surface area contributed by atoms with Crippen LogP contribution in [0.15, 0.2) is 48.5 Å². The van der Waals surface area contributed by atoms with Gasteiger partial charge in [-0.05, 0) is 24.3 Å². The van der Waals surface area contributed by atoms with Crippen LogP contribution in [-0.2, 0) is 0 Å². The van der Waals surface area contributed by atoms with E-state index in [4.69, 9.17) is 16.3 Å². The van der Waals surface area contributed by atoms with Crippen molar-refractivity contribution in [1.29, 1.82) is 0 Å². The fourth-order valence-corrected chi connectivity index (χ4v) is 2.28. The van der Waals surface area contributed by atoms with Crippen molar-refractivity contribution in [3.63, 3.8) is 0 Å². The van der Waals surface area contributed by atoms with Gasteiger partial charge >= 0.3 is 0 Å². The van der Waals surface area contributed by atoms with Crippen molar-refractivity contribution in [2.24, 2.45) is 0 Å². The minimum Gasteiger partial charge on any atom is -0.478 e. The molecule has 19 heavy (non-hydrogen) atoms. The van der Waals surface area contributed by atoms with Gasteiger partial charge in [0.15, 0.2) is 6.10 Å². The Balaban J connectivity index is 1.83. The number of ketones is 1. The molecule has 2 aromatic rings. The maximum Gasteiger partial charge on any atom is 0.205 e. The molecule has 0 saturated carbocycles. The van der Waals surface area contributed by atoms with Crippen LogP contribution in [0.5, 0.6) is 5.75 Å². The lowest BCUT2D eigenvalue weighted by Crippen LogP contribution is -2.37.